The number of thioether (sulfide) groups is 1. The van der Waals surface area contributed by atoms with E-state index < -0.39 is 0 Å². The molecule has 2 aromatic carbocycles. The number of hydrogen-bond donors (Lipinski definition) is 2. The molecule has 30 heavy (non-hydrogen) atoms. The van der Waals surface area contributed by atoms with E-state index in [1.165, 1.54) is 11.8 Å². The van der Waals surface area contributed by atoms with Crippen LogP contribution in [0.2, 0.25) is 15.1 Å². The van der Waals surface area contributed by atoms with Gasteiger partial charge in [-0.3, -0.25) is 9.59 Å². The van der Waals surface area contributed by atoms with Crippen molar-refractivity contribution in [2.75, 3.05) is 16.4 Å². The van der Waals surface area contributed by atoms with E-state index >= 15 is 0 Å². The number of carbonyl (C=O) groups is 2. The minimum absolute atomic E-state index is 0.0164. The minimum atomic E-state index is -0.272. The lowest BCUT2D eigenvalue weighted by molar-refractivity contribution is -0.116. The number of aromatic nitrogens is 3. The first-order valence-corrected chi connectivity index (χ1v) is 10.7. The Morgan fingerprint density at radius 3 is 2.40 bits per heavy atom. The summed E-state index contributed by atoms with van der Waals surface area (Å²) in [6.45, 7) is 0. The number of amides is 2. The predicted octanol–water partition coefficient (Wildman–Crippen LogP) is 4.69. The van der Waals surface area contributed by atoms with E-state index in [2.05, 4.69) is 20.8 Å². The number of carbonyl (C=O) groups excluding carboxylic acids is 2. The number of halogens is 3. The number of nitrogens with zero attached hydrogens (tertiary/aromatic N) is 3. The lowest BCUT2D eigenvalue weighted by atomic mass is 10.3. The molecule has 1 aromatic heterocycles. The van der Waals surface area contributed by atoms with Gasteiger partial charge < -0.3 is 15.2 Å². The van der Waals surface area contributed by atoms with Crippen molar-refractivity contribution in [3.8, 4) is 0 Å². The summed E-state index contributed by atoms with van der Waals surface area (Å²) in [4.78, 5) is 24.5. The summed E-state index contributed by atoms with van der Waals surface area (Å²) in [6.07, 6.45) is 0.0164. The van der Waals surface area contributed by atoms with E-state index in [4.69, 9.17) is 34.8 Å². The van der Waals surface area contributed by atoms with Gasteiger partial charge in [-0.05, 0) is 30.3 Å². The zero-order valence-corrected chi connectivity index (χ0v) is 18.7. The Morgan fingerprint density at radius 2 is 1.70 bits per heavy atom. The number of anilines is 2. The van der Waals surface area contributed by atoms with Gasteiger partial charge in [0.05, 0.1) is 22.9 Å². The highest BCUT2D eigenvalue weighted by molar-refractivity contribution is 7.99. The molecule has 0 fully saturated rings. The molecule has 0 bridgehead atoms. The van der Waals surface area contributed by atoms with E-state index in [9.17, 15) is 9.59 Å². The Morgan fingerprint density at radius 1 is 1.00 bits per heavy atom. The SMILES string of the molecule is Cn1c(CC(=O)Nc2ccccc2Cl)nnc1SCC(=O)Nc1cc(Cl)cc(Cl)c1. The number of nitrogens with one attached hydrogen (secondary N) is 2. The first-order valence-electron chi connectivity index (χ1n) is 8.63. The average Bonchev–Trinajstić information content (AvgIpc) is 3.01. The van der Waals surface area contributed by atoms with E-state index in [1.807, 2.05) is 0 Å². The van der Waals surface area contributed by atoms with Crippen LogP contribution in [0, 0.1) is 0 Å². The molecule has 0 spiro atoms. The summed E-state index contributed by atoms with van der Waals surface area (Å²) < 4.78 is 1.67. The van der Waals surface area contributed by atoms with Gasteiger partial charge in [0.15, 0.2) is 5.16 Å². The number of benzene rings is 2. The second kappa shape index (κ2) is 10.2. The summed E-state index contributed by atoms with van der Waals surface area (Å²) in [7, 11) is 1.73. The number of rotatable bonds is 7. The zero-order chi connectivity index (χ0) is 21.7. The monoisotopic (exact) mass is 483 g/mol. The summed E-state index contributed by atoms with van der Waals surface area (Å²) in [5.74, 6) is 0.0382. The molecular formula is C19H16Cl3N5O2S. The van der Waals surface area contributed by atoms with E-state index in [0.29, 0.717) is 37.4 Å². The fraction of sp³-hybridized carbons (Fsp3) is 0.158. The maximum absolute atomic E-state index is 12.3. The van der Waals surface area contributed by atoms with Crippen LogP contribution in [0.4, 0.5) is 11.4 Å². The van der Waals surface area contributed by atoms with Gasteiger partial charge in [0.1, 0.15) is 5.82 Å². The van der Waals surface area contributed by atoms with Crippen LogP contribution in [0.25, 0.3) is 0 Å². The molecule has 11 heteroatoms. The van der Waals surface area contributed by atoms with Crippen LogP contribution in [0.3, 0.4) is 0 Å². The molecule has 0 unspecified atom stereocenters. The highest BCUT2D eigenvalue weighted by Crippen LogP contribution is 2.24. The Kier molecular flexibility index (Phi) is 7.60. The molecule has 2 N–H and O–H groups in total. The Hall–Kier alpha value is -2.26. The van der Waals surface area contributed by atoms with Crippen LogP contribution in [0.1, 0.15) is 5.82 Å². The lowest BCUT2D eigenvalue weighted by Gasteiger charge is -2.08. The van der Waals surface area contributed by atoms with Crippen molar-refractivity contribution in [3.05, 3.63) is 63.4 Å². The molecule has 0 saturated carbocycles. The molecule has 0 aliphatic heterocycles. The second-order valence-electron chi connectivity index (χ2n) is 6.16. The van der Waals surface area contributed by atoms with Crippen LogP contribution in [0.15, 0.2) is 47.6 Å². The molecule has 7 nitrogen and oxygen atoms in total. The molecule has 3 rings (SSSR count). The number of hydrogen-bond acceptors (Lipinski definition) is 5. The molecule has 3 aromatic rings. The average molecular weight is 485 g/mol. The van der Waals surface area contributed by atoms with Crippen LogP contribution in [0.5, 0.6) is 0 Å². The smallest absolute Gasteiger partial charge is 0.234 e. The molecule has 0 aliphatic carbocycles. The van der Waals surface area contributed by atoms with Crippen molar-refractivity contribution >= 4 is 69.8 Å². The zero-order valence-electron chi connectivity index (χ0n) is 15.7. The van der Waals surface area contributed by atoms with Gasteiger partial charge in [-0.15, -0.1) is 10.2 Å². The summed E-state index contributed by atoms with van der Waals surface area (Å²) >= 11 is 19.1. The normalized spacial score (nSPS) is 10.7. The molecule has 1 heterocycles. The highest BCUT2D eigenvalue weighted by Gasteiger charge is 2.15. The van der Waals surface area contributed by atoms with Crippen LogP contribution in [-0.2, 0) is 23.1 Å². The van der Waals surface area contributed by atoms with Crippen LogP contribution in [-0.4, -0.2) is 32.3 Å². The van der Waals surface area contributed by atoms with Gasteiger partial charge in [-0.2, -0.15) is 0 Å². The van der Waals surface area contributed by atoms with Gasteiger partial charge in [-0.25, -0.2) is 0 Å². The third kappa shape index (κ3) is 6.12. The maximum atomic E-state index is 12.3. The Bertz CT molecular complexity index is 1070. The largest absolute Gasteiger partial charge is 0.325 e. The summed E-state index contributed by atoms with van der Waals surface area (Å²) in [5.41, 5.74) is 1.03. The van der Waals surface area contributed by atoms with E-state index in [-0.39, 0.29) is 24.0 Å². The topological polar surface area (TPSA) is 88.9 Å². The van der Waals surface area contributed by atoms with Gasteiger partial charge in [0.2, 0.25) is 11.8 Å². The van der Waals surface area contributed by atoms with Crippen molar-refractivity contribution in [1.82, 2.24) is 14.8 Å². The second-order valence-corrected chi connectivity index (χ2v) is 8.38. The van der Waals surface area contributed by atoms with Gasteiger partial charge in [-0.1, -0.05) is 58.7 Å². The van der Waals surface area contributed by atoms with Crippen molar-refractivity contribution in [3.63, 3.8) is 0 Å². The molecule has 156 valence electrons. The predicted molar refractivity (Wildman–Crippen MR) is 121 cm³/mol. The van der Waals surface area contributed by atoms with Gasteiger partial charge in [0.25, 0.3) is 0 Å². The van der Waals surface area contributed by atoms with Crippen molar-refractivity contribution in [2.45, 2.75) is 11.6 Å². The van der Waals surface area contributed by atoms with Gasteiger partial charge in [0, 0.05) is 22.8 Å². The minimum Gasteiger partial charge on any atom is -0.325 e. The molecule has 0 atom stereocenters. The first-order chi connectivity index (χ1) is 14.3. The summed E-state index contributed by atoms with van der Waals surface area (Å²) in [6, 6.07) is 11.8. The maximum Gasteiger partial charge on any atom is 0.234 e. The van der Waals surface area contributed by atoms with Crippen LogP contribution < -0.4 is 10.6 Å². The third-order valence-corrected chi connectivity index (χ3v) is 5.66. The lowest BCUT2D eigenvalue weighted by Crippen LogP contribution is -2.17. The van der Waals surface area contributed by atoms with Crippen molar-refractivity contribution in [1.29, 1.82) is 0 Å². The van der Waals surface area contributed by atoms with Gasteiger partial charge >= 0.3 is 0 Å². The van der Waals surface area contributed by atoms with E-state index in [0.717, 1.165) is 0 Å². The number of para-hydroxylation sites is 1. The first kappa shape index (κ1) is 22.4. The molecule has 0 saturated heterocycles. The highest BCUT2D eigenvalue weighted by atomic mass is 35.5. The van der Waals surface area contributed by atoms with Crippen LogP contribution >= 0.6 is 46.6 Å². The molecule has 0 aliphatic rings. The van der Waals surface area contributed by atoms with Crippen molar-refractivity contribution in [2.24, 2.45) is 7.05 Å². The Labute approximate surface area is 192 Å². The molecular weight excluding hydrogens is 469 g/mol. The van der Waals surface area contributed by atoms with E-state index in [1.54, 1.807) is 54.1 Å². The fourth-order valence-corrected chi connectivity index (χ4v) is 3.92. The fourth-order valence-electron chi connectivity index (χ4n) is 2.48. The standard InChI is InChI=1S/C19H16Cl3N5O2S/c1-27-16(9-17(28)24-15-5-3-2-4-14(15)22)25-26-19(27)30-10-18(29)23-13-7-11(20)6-12(21)8-13/h2-8H,9-10H2,1H3,(H,23,29)(H,24,28). The molecule has 0 radical (unpaired) electrons. The van der Waals surface area contributed by atoms with Crippen molar-refractivity contribution < 1.29 is 9.59 Å². The quantitative estimate of drug-likeness (QED) is 0.475. The Balaban J connectivity index is 1.55. The molecule has 2 amide bonds. The third-order valence-electron chi connectivity index (χ3n) is 3.87. The summed E-state index contributed by atoms with van der Waals surface area (Å²) in [5, 5.41) is 15.4.